The lowest BCUT2D eigenvalue weighted by molar-refractivity contribution is -0.123. The van der Waals surface area contributed by atoms with Gasteiger partial charge in [-0.3, -0.25) is 9.69 Å². The highest BCUT2D eigenvalue weighted by Gasteiger charge is 2.35. The van der Waals surface area contributed by atoms with Crippen molar-refractivity contribution in [2.45, 2.75) is 32.7 Å². The first kappa shape index (κ1) is 20.9. The van der Waals surface area contributed by atoms with Gasteiger partial charge in [0.05, 0.1) is 32.1 Å². The summed E-state index contributed by atoms with van der Waals surface area (Å²) >= 11 is 0. The first-order chi connectivity index (χ1) is 14.6. The van der Waals surface area contributed by atoms with Crippen LogP contribution in [0.4, 0.5) is 5.69 Å². The van der Waals surface area contributed by atoms with Gasteiger partial charge in [-0.1, -0.05) is 50.2 Å². The summed E-state index contributed by atoms with van der Waals surface area (Å²) in [7, 11) is 0. The van der Waals surface area contributed by atoms with E-state index in [-0.39, 0.29) is 17.7 Å². The lowest BCUT2D eigenvalue weighted by Gasteiger charge is -2.37. The third-order valence-electron chi connectivity index (χ3n) is 6.36. The minimum Gasteiger partial charge on any atom is -0.493 e. The number of benzene rings is 2. The van der Waals surface area contributed by atoms with Crippen LogP contribution < -0.4 is 9.64 Å². The smallest absolute Gasteiger partial charge is 0.230 e. The van der Waals surface area contributed by atoms with Crippen LogP contribution in [0.25, 0.3) is 0 Å². The van der Waals surface area contributed by atoms with Gasteiger partial charge in [-0.05, 0) is 29.5 Å². The van der Waals surface area contributed by atoms with Crippen molar-refractivity contribution in [1.82, 2.24) is 4.90 Å². The van der Waals surface area contributed by atoms with Crippen LogP contribution in [-0.2, 0) is 16.1 Å². The van der Waals surface area contributed by atoms with E-state index in [9.17, 15) is 4.79 Å². The number of fused-ring (bicyclic) bond motifs is 1. The van der Waals surface area contributed by atoms with E-state index < -0.39 is 0 Å². The molecule has 30 heavy (non-hydrogen) atoms. The van der Waals surface area contributed by atoms with Gasteiger partial charge in [0.2, 0.25) is 5.91 Å². The number of rotatable bonds is 7. The van der Waals surface area contributed by atoms with E-state index in [2.05, 4.69) is 30.0 Å². The van der Waals surface area contributed by atoms with Crippen molar-refractivity contribution in [2.24, 2.45) is 5.92 Å². The molecule has 4 rings (SSSR count). The molecule has 1 saturated heterocycles. The van der Waals surface area contributed by atoms with Gasteiger partial charge in [-0.2, -0.15) is 0 Å². The summed E-state index contributed by atoms with van der Waals surface area (Å²) in [5.74, 6) is 1.20. The molecular formula is C25H32N2O3. The third kappa shape index (κ3) is 4.68. The zero-order valence-electron chi connectivity index (χ0n) is 18.0. The van der Waals surface area contributed by atoms with Crippen molar-refractivity contribution >= 4 is 11.6 Å². The van der Waals surface area contributed by atoms with Crippen molar-refractivity contribution in [3.63, 3.8) is 0 Å². The van der Waals surface area contributed by atoms with Crippen molar-refractivity contribution in [3.05, 3.63) is 59.7 Å². The number of anilines is 1. The number of hydrogen-bond donors (Lipinski definition) is 0. The number of morpholine rings is 1. The number of amides is 1. The zero-order valence-corrected chi connectivity index (χ0v) is 18.0. The molecule has 2 heterocycles. The van der Waals surface area contributed by atoms with Crippen LogP contribution in [-0.4, -0.2) is 50.3 Å². The molecule has 0 spiro atoms. The number of hydrogen-bond acceptors (Lipinski definition) is 4. The van der Waals surface area contributed by atoms with E-state index in [1.165, 1.54) is 5.56 Å². The minimum absolute atomic E-state index is 0.0264. The molecule has 2 aliphatic heterocycles. The molecule has 0 bridgehead atoms. The van der Waals surface area contributed by atoms with E-state index >= 15 is 0 Å². The monoisotopic (exact) mass is 408 g/mol. The maximum absolute atomic E-state index is 13.1. The molecule has 2 aliphatic rings. The average Bonchev–Trinajstić information content (AvgIpc) is 2.79. The highest BCUT2D eigenvalue weighted by atomic mass is 16.5. The predicted molar refractivity (Wildman–Crippen MR) is 119 cm³/mol. The van der Waals surface area contributed by atoms with Crippen molar-refractivity contribution in [3.8, 4) is 5.75 Å². The Morgan fingerprint density at radius 1 is 1.03 bits per heavy atom. The van der Waals surface area contributed by atoms with Crippen LogP contribution in [0.5, 0.6) is 5.75 Å². The van der Waals surface area contributed by atoms with Crippen molar-refractivity contribution < 1.29 is 14.3 Å². The molecule has 0 radical (unpaired) electrons. The standard InChI is InChI=1S/C25H32N2O3/c1-19-20(2)25(28)27(18-21-7-4-3-5-8-21)24-17-22(9-10-23(19)24)30-14-6-11-26-12-15-29-16-13-26/h3-5,7-10,17,19-20H,6,11-16,18H2,1-2H3. The summed E-state index contributed by atoms with van der Waals surface area (Å²) in [6, 6.07) is 16.4. The first-order valence-corrected chi connectivity index (χ1v) is 11.1. The maximum Gasteiger partial charge on any atom is 0.230 e. The molecule has 0 saturated carbocycles. The Morgan fingerprint density at radius 3 is 2.57 bits per heavy atom. The molecule has 0 aromatic heterocycles. The van der Waals surface area contributed by atoms with Crippen LogP contribution in [0, 0.1) is 5.92 Å². The molecule has 1 amide bonds. The van der Waals surface area contributed by atoms with Gasteiger partial charge in [0.15, 0.2) is 0 Å². The number of carbonyl (C=O) groups excluding carboxylic acids is 1. The zero-order chi connectivity index (χ0) is 20.9. The highest BCUT2D eigenvalue weighted by Crippen LogP contribution is 2.41. The molecule has 2 unspecified atom stereocenters. The highest BCUT2D eigenvalue weighted by molar-refractivity contribution is 5.98. The average molecular weight is 409 g/mol. The summed E-state index contributed by atoms with van der Waals surface area (Å²) in [5, 5.41) is 0. The topological polar surface area (TPSA) is 42.0 Å². The molecular weight excluding hydrogens is 376 g/mol. The lowest BCUT2D eigenvalue weighted by Crippen LogP contribution is -2.41. The first-order valence-electron chi connectivity index (χ1n) is 11.1. The van der Waals surface area contributed by atoms with E-state index in [1.54, 1.807) is 0 Å². The van der Waals surface area contributed by atoms with Crippen LogP contribution >= 0.6 is 0 Å². The second-order valence-electron chi connectivity index (χ2n) is 8.36. The Kier molecular flexibility index (Phi) is 6.70. The number of ether oxygens (including phenoxy) is 2. The quantitative estimate of drug-likeness (QED) is 0.648. The molecule has 5 heteroatoms. The van der Waals surface area contributed by atoms with Gasteiger partial charge in [0.1, 0.15) is 5.75 Å². The second kappa shape index (κ2) is 9.63. The van der Waals surface area contributed by atoms with Gasteiger partial charge in [-0.25, -0.2) is 0 Å². The molecule has 1 fully saturated rings. The van der Waals surface area contributed by atoms with E-state index in [0.29, 0.717) is 13.2 Å². The number of carbonyl (C=O) groups is 1. The molecule has 5 nitrogen and oxygen atoms in total. The predicted octanol–water partition coefficient (Wildman–Crippen LogP) is 4.07. The summed E-state index contributed by atoms with van der Waals surface area (Å²) in [5.41, 5.74) is 3.34. The van der Waals surface area contributed by atoms with E-state index in [4.69, 9.17) is 9.47 Å². The Labute approximate surface area is 179 Å². The summed E-state index contributed by atoms with van der Waals surface area (Å²) in [6.07, 6.45) is 0.983. The Hall–Kier alpha value is -2.37. The largest absolute Gasteiger partial charge is 0.493 e. The second-order valence-corrected chi connectivity index (χ2v) is 8.36. The van der Waals surface area contributed by atoms with Crippen molar-refractivity contribution in [1.29, 1.82) is 0 Å². The molecule has 0 aliphatic carbocycles. The fraction of sp³-hybridized carbons (Fsp3) is 0.480. The minimum atomic E-state index is -0.0264. The summed E-state index contributed by atoms with van der Waals surface area (Å²) in [4.78, 5) is 17.5. The van der Waals surface area contributed by atoms with Crippen LogP contribution in [0.3, 0.4) is 0 Å². The molecule has 0 N–H and O–H groups in total. The van der Waals surface area contributed by atoms with Crippen molar-refractivity contribution in [2.75, 3.05) is 44.4 Å². The van der Waals surface area contributed by atoms with E-state index in [0.717, 1.165) is 56.3 Å². The fourth-order valence-electron chi connectivity index (χ4n) is 4.31. The Bertz CT molecular complexity index is 849. The molecule has 160 valence electrons. The number of nitrogens with zero attached hydrogens (tertiary/aromatic N) is 2. The van der Waals surface area contributed by atoms with Gasteiger partial charge in [-0.15, -0.1) is 0 Å². The summed E-state index contributed by atoms with van der Waals surface area (Å²) in [6.45, 7) is 10.1. The fourth-order valence-corrected chi connectivity index (χ4v) is 4.31. The van der Waals surface area contributed by atoms with Gasteiger partial charge >= 0.3 is 0 Å². The molecule has 2 atom stereocenters. The molecule has 2 aromatic carbocycles. The van der Waals surface area contributed by atoms with Gasteiger partial charge in [0, 0.05) is 31.6 Å². The van der Waals surface area contributed by atoms with Crippen LogP contribution in [0.1, 0.15) is 37.3 Å². The molecule has 2 aromatic rings. The Balaban J connectivity index is 1.45. The van der Waals surface area contributed by atoms with E-state index in [1.807, 2.05) is 42.2 Å². The van der Waals surface area contributed by atoms with Gasteiger partial charge in [0.25, 0.3) is 0 Å². The third-order valence-corrected chi connectivity index (χ3v) is 6.36. The van der Waals surface area contributed by atoms with Gasteiger partial charge < -0.3 is 14.4 Å². The van der Waals surface area contributed by atoms with Crippen LogP contribution in [0.15, 0.2) is 48.5 Å². The maximum atomic E-state index is 13.1. The van der Waals surface area contributed by atoms with Crippen LogP contribution in [0.2, 0.25) is 0 Å². The Morgan fingerprint density at radius 2 is 1.80 bits per heavy atom. The SMILES string of the molecule is CC1C(=O)N(Cc2ccccc2)c2cc(OCCCN3CCOCC3)ccc2C1C. The lowest BCUT2D eigenvalue weighted by atomic mass is 9.83. The normalized spacial score (nSPS) is 22.1. The summed E-state index contributed by atoms with van der Waals surface area (Å²) < 4.78 is 11.5.